The topological polar surface area (TPSA) is 58.6 Å². The van der Waals surface area contributed by atoms with Gasteiger partial charge in [0.1, 0.15) is 5.75 Å². The third kappa shape index (κ3) is 7.28. The molecule has 5 nitrogen and oxygen atoms in total. The minimum atomic E-state index is -0.0347. The largest absolute Gasteiger partial charge is 0.495 e. The Morgan fingerprint density at radius 1 is 1.16 bits per heavy atom. The van der Waals surface area contributed by atoms with Crippen LogP contribution < -0.4 is 10.1 Å². The first-order valence-corrected chi connectivity index (χ1v) is 11.4. The number of rotatable bonds is 9. The number of amides is 2. The number of piperidine rings is 1. The van der Waals surface area contributed by atoms with Gasteiger partial charge in [-0.15, -0.1) is 0 Å². The maximum atomic E-state index is 12.6. The summed E-state index contributed by atoms with van der Waals surface area (Å²) in [4.78, 5) is 27.0. The van der Waals surface area contributed by atoms with Crippen LogP contribution in [0.4, 0.5) is 5.69 Å². The third-order valence-electron chi connectivity index (χ3n) is 5.79. The van der Waals surface area contributed by atoms with E-state index in [0.717, 1.165) is 45.2 Å². The quantitative estimate of drug-likeness (QED) is 0.571. The molecule has 0 bridgehead atoms. The van der Waals surface area contributed by atoms with Gasteiger partial charge in [-0.05, 0) is 61.8 Å². The van der Waals surface area contributed by atoms with E-state index in [1.165, 1.54) is 5.56 Å². The van der Waals surface area contributed by atoms with Crippen LogP contribution in [-0.2, 0) is 16.0 Å². The minimum Gasteiger partial charge on any atom is -0.495 e. The van der Waals surface area contributed by atoms with Crippen molar-refractivity contribution in [2.24, 2.45) is 5.92 Å². The van der Waals surface area contributed by atoms with Crippen LogP contribution >= 0.6 is 11.6 Å². The van der Waals surface area contributed by atoms with Crippen molar-refractivity contribution in [3.8, 4) is 5.75 Å². The lowest BCUT2D eigenvalue weighted by Crippen LogP contribution is -2.40. The molecule has 1 fully saturated rings. The number of aryl methyl sites for hydroxylation is 1. The van der Waals surface area contributed by atoms with Gasteiger partial charge in [-0.2, -0.15) is 0 Å². The van der Waals surface area contributed by atoms with Crippen molar-refractivity contribution in [3.63, 3.8) is 0 Å². The highest BCUT2D eigenvalue weighted by Crippen LogP contribution is 2.27. The fourth-order valence-corrected chi connectivity index (χ4v) is 4.33. The summed E-state index contributed by atoms with van der Waals surface area (Å²) in [6, 6.07) is 15.5. The number of likely N-dealkylation sites (tertiary alicyclic amines) is 1. The van der Waals surface area contributed by atoms with Gasteiger partial charge in [-0.25, -0.2) is 0 Å². The number of ether oxygens (including phenoxy) is 1. The minimum absolute atomic E-state index is 0.0347. The van der Waals surface area contributed by atoms with E-state index in [4.69, 9.17) is 16.3 Å². The maximum absolute atomic E-state index is 12.6. The Labute approximate surface area is 189 Å². The SMILES string of the molecule is COc1ccc(NC(=O)CCC2CCCN(C(=O)CCCc3ccccc3)C2)cc1Cl. The van der Waals surface area contributed by atoms with Crippen LogP contribution in [0.1, 0.15) is 44.1 Å². The van der Waals surface area contributed by atoms with Crippen molar-refractivity contribution < 1.29 is 14.3 Å². The first-order valence-electron chi connectivity index (χ1n) is 11.0. The van der Waals surface area contributed by atoms with Gasteiger partial charge in [0, 0.05) is 31.6 Å². The summed E-state index contributed by atoms with van der Waals surface area (Å²) in [5.74, 6) is 1.15. The average Bonchev–Trinajstić information content (AvgIpc) is 2.79. The lowest BCUT2D eigenvalue weighted by molar-refractivity contribution is -0.133. The zero-order chi connectivity index (χ0) is 22.1. The molecule has 0 saturated carbocycles. The Bertz CT molecular complexity index is 872. The Kier molecular flexibility index (Phi) is 8.77. The fraction of sp³-hybridized carbons (Fsp3) is 0.440. The predicted molar refractivity (Wildman–Crippen MR) is 125 cm³/mol. The van der Waals surface area contributed by atoms with Crippen LogP contribution in [0.15, 0.2) is 48.5 Å². The molecule has 1 N–H and O–H groups in total. The van der Waals surface area contributed by atoms with Crippen molar-refractivity contribution in [1.29, 1.82) is 0 Å². The summed E-state index contributed by atoms with van der Waals surface area (Å²) in [5, 5.41) is 3.36. The Balaban J connectivity index is 1.39. The molecule has 166 valence electrons. The number of halogens is 1. The van der Waals surface area contributed by atoms with Gasteiger partial charge in [-0.1, -0.05) is 41.9 Å². The van der Waals surface area contributed by atoms with Gasteiger partial charge in [0.05, 0.1) is 12.1 Å². The van der Waals surface area contributed by atoms with E-state index in [1.54, 1.807) is 25.3 Å². The van der Waals surface area contributed by atoms with Crippen LogP contribution in [-0.4, -0.2) is 36.9 Å². The average molecular weight is 443 g/mol. The van der Waals surface area contributed by atoms with Gasteiger partial charge < -0.3 is 15.0 Å². The molecule has 1 unspecified atom stereocenters. The lowest BCUT2D eigenvalue weighted by atomic mass is 9.93. The molecule has 0 aromatic heterocycles. The Morgan fingerprint density at radius 2 is 1.97 bits per heavy atom. The van der Waals surface area contributed by atoms with Crippen LogP contribution in [0.5, 0.6) is 5.75 Å². The molecule has 31 heavy (non-hydrogen) atoms. The van der Waals surface area contributed by atoms with E-state index in [-0.39, 0.29) is 11.8 Å². The number of nitrogens with one attached hydrogen (secondary N) is 1. The van der Waals surface area contributed by atoms with Gasteiger partial charge in [0.15, 0.2) is 0 Å². The van der Waals surface area contributed by atoms with Crippen LogP contribution in [0, 0.1) is 5.92 Å². The second-order valence-corrected chi connectivity index (χ2v) is 8.53. The van der Waals surface area contributed by atoms with Gasteiger partial charge in [0.2, 0.25) is 11.8 Å². The number of methoxy groups -OCH3 is 1. The molecule has 1 atom stereocenters. The Hall–Kier alpha value is -2.53. The molecule has 1 aliphatic rings. The van der Waals surface area contributed by atoms with Crippen molar-refractivity contribution >= 4 is 29.1 Å². The third-order valence-corrected chi connectivity index (χ3v) is 6.08. The predicted octanol–water partition coefficient (Wildman–Crippen LogP) is 5.33. The van der Waals surface area contributed by atoms with Gasteiger partial charge in [-0.3, -0.25) is 9.59 Å². The summed E-state index contributed by atoms with van der Waals surface area (Å²) >= 11 is 6.11. The van der Waals surface area contributed by atoms with E-state index in [0.29, 0.717) is 35.2 Å². The van der Waals surface area contributed by atoms with Crippen molar-refractivity contribution in [2.75, 3.05) is 25.5 Å². The zero-order valence-corrected chi connectivity index (χ0v) is 18.9. The number of anilines is 1. The molecule has 1 heterocycles. The van der Waals surface area contributed by atoms with Crippen LogP contribution in [0.3, 0.4) is 0 Å². The smallest absolute Gasteiger partial charge is 0.224 e. The monoisotopic (exact) mass is 442 g/mol. The molecule has 2 aromatic rings. The normalized spacial score (nSPS) is 16.1. The summed E-state index contributed by atoms with van der Waals surface area (Å²) < 4.78 is 5.13. The highest BCUT2D eigenvalue weighted by molar-refractivity contribution is 6.32. The number of carbonyl (C=O) groups is 2. The highest BCUT2D eigenvalue weighted by atomic mass is 35.5. The first kappa shape index (κ1) is 23.1. The number of benzene rings is 2. The standard InChI is InChI=1S/C25H31ClN2O3/c1-31-23-14-13-21(17-22(23)26)27-24(29)15-12-20-10-6-16-28(18-20)25(30)11-5-9-19-7-3-2-4-8-19/h2-4,7-8,13-14,17,20H,5-6,9-12,15-16,18H2,1H3,(H,27,29). The van der Waals surface area contributed by atoms with Crippen molar-refractivity contribution in [3.05, 3.63) is 59.1 Å². The molecule has 6 heteroatoms. The number of carbonyl (C=O) groups excluding carboxylic acids is 2. The molecule has 0 radical (unpaired) electrons. The summed E-state index contributed by atoms with van der Waals surface area (Å²) in [6.07, 6.45) is 5.67. The van der Waals surface area contributed by atoms with E-state index >= 15 is 0 Å². The maximum Gasteiger partial charge on any atom is 0.224 e. The summed E-state index contributed by atoms with van der Waals surface area (Å²) in [5.41, 5.74) is 1.94. The van der Waals surface area contributed by atoms with Crippen molar-refractivity contribution in [1.82, 2.24) is 4.90 Å². The molecule has 0 spiro atoms. The second kappa shape index (κ2) is 11.8. The number of hydrogen-bond donors (Lipinski definition) is 1. The van der Waals surface area contributed by atoms with E-state index in [2.05, 4.69) is 17.4 Å². The number of hydrogen-bond acceptors (Lipinski definition) is 3. The second-order valence-electron chi connectivity index (χ2n) is 8.12. The molecule has 2 amide bonds. The molecule has 0 aliphatic carbocycles. The molecule has 3 rings (SSSR count). The fourth-order valence-electron chi connectivity index (χ4n) is 4.08. The summed E-state index contributed by atoms with van der Waals surface area (Å²) in [6.45, 7) is 1.59. The van der Waals surface area contributed by atoms with Crippen molar-refractivity contribution in [2.45, 2.75) is 44.9 Å². The molecule has 1 aliphatic heterocycles. The van der Waals surface area contributed by atoms with E-state index < -0.39 is 0 Å². The van der Waals surface area contributed by atoms with Crippen LogP contribution in [0.25, 0.3) is 0 Å². The molecular weight excluding hydrogens is 412 g/mol. The van der Waals surface area contributed by atoms with Crippen LogP contribution in [0.2, 0.25) is 5.02 Å². The molecule has 1 saturated heterocycles. The Morgan fingerprint density at radius 3 is 2.71 bits per heavy atom. The molecule has 2 aromatic carbocycles. The van der Waals surface area contributed by atoms with E-state index in [1.807, 2.05) is 23.1 Å². The number of nitrogens with zero attached hydrogens (tertiary/aromatic N) is 1. The lowest BCUT2D eigenvalue weighted by Gasteiger charge is -2.33. The van der Waals surface area contributed by atoms with E-state index in [9.17, 15) is 9.59 Å². The first-order chi connectivity index (χ1) is 15.0. The highest BCUT2D eigenvalue weighted by Gasteiger charge is 2.23. The van der Waals surface area contributed by atoms with Gasteiger partial charge in [0.25, 0.3) is 0 Å². The molecular formula is C25H31ClN2O3. The van der Waals surface area contributed by atoms with Gasteiger partial charge >= 0.3 is 0 Å². The zero-order valence-electron chi connectivity index (χ0n) is 18.1. The summed E-state index contributed by atoms with van der Waals surface area (Å²) in [7, 11) is 1.56.